The van der Waals surface area contributed by atoms with Gasteiger partial charge in [0.15, 0.2) is 0 Å². The number of carbonyl (C=O) groups excluding carboxylic acids is 4. The second-order valence-corrected chi connectivity index (χ2v) is 11.3. The zero-order chi connectivity index (χ0) is 28.4. The Labute approximate surface area is 231 Å². The molecule has 214 valence electrons. The van der Waals surface area contributed by atoms with E-state index in [1.165, 1.54) is 0 Å². The number of ether oxygens (including phenoxy) is 2. The standard InChI is InChI=1S/C30H42N2O7/c1-30(2,3)39-27(35)19-24-13-8-7-12-23(28(36)32-15-9-14-25(32)21-38-29(24)37)18-26(34)31(16-17-33)20-22-10-5-4-6-11-22/h4-8,10-11,23-25,33H,9,12-21H2,1-3H3/b8-7-/t23-,24+,25-/m0/s1. The molecule has 0 unspecified atom stereocenters. The Morgan fingerprint density at radius 2 is 1.77 bits per heavy atom. The second kappa shape index (κ2) is 14.3. The van der Waals surface area contributed by atoms with Crippen LogP contribution in [0.1, 0.15) is 64.9 Å². The lowest BCUT2D eigenvalue weighted by molar-refractivity contribution is -0.162. The second-order valence-electron chi connectivity index (χ2n) is 11.3. The highest BCUT2D eigenvalue weighted by atomic mass is 16.6. The molecule has 2 amide bonds. The number of carbonyl (C=O) groups is 4. The molecule has 39 heavy (non-hydrogen) atoms. The van der Waals surface area contributed by atoms with Gasteiger partial charge in [-0.3, -0.25) is 19.2 Å². The van der Waals surface area contributed by atoms with Crippen molar-refractivity contribution < 1.29 is 33.8 Å². The van der Waals surface area contributed by atoms with E-state index in [2.05, 4.69) is 0 Å². The Kier molecular flexibility index (Phi) is 11.1. The van der Waals surface area contributed by atoms with E-state index in [1.807, 2.05) is 36.4 Å². The van der Waals surface area contributed by atoms with Gasteiger partial charge in [-0.25, -0.2) is 0 Å². The van der Waals surface area contributed by atoms with Crippen LogP contribution in [0.25, 0.3) is 0 Å². The zero-order valence-electron chi connectivity index (χ0n) is 23.3. The average molecular weight is 543 g/mol. The van der Waals surface area contributed by atoms with Crippen molar-refractivity contribution in [2.24, 2.45) is 11.8 Å². The topological polar surface area (TPSA) is 113 Å². The minimum Gasteiger partial charge on any atom is -0.463 e. The molecule has 1 aromatic carbocycles. The van der Waals surface area contributed by atoms with Crippen LogP contribution in [0.4, 0.5) is 0 Å². The van der Waals surface area contributed by atoms with Gasteiger partial charge in [-0.2, -0.15) is 0 Å². The summed E-state index contributed by atoms with van der Waals surface area (Å²) in [5.74, 6) is -2.53. The fourth-order valence-electron chi connectivity index (χ4n) is 5.03. The summed E-state index contributed by atoms with van der Waals surface area (Å²) >= 11 is 0. The van der Waals surface area contributed by atoms with Gasteiger partial charge in [0.05, 0.1) is 30.9 Å². The first kappa shape index (κ1) is 30.3. The van der Waals surface area contributed by atoms with Crippen molar-refractivity contribution in [2.45, 2.75) is 77.5 Å². The van der Waals surface area contributed by atoms with Gasteiger partial charge in [-0.15, -0.1) is 0 Å². The minimum atomic E-state index is -0.688. The molecule has 0 saturated carbocycles. The number of hydrogen-bond donors (Lipinski definition) is 1. The van der Waals surface area contributed by atoms with Crippen LogP contribution in [0.2, 0.25) is 0 Å². The van der Waals surface area contributed by atoms with Crippen molar-refractivity contribution in [3.8, 4) is 0 Å². The number of rotatable bonds is 8. The fraction of sp³-hybridized carbons (Fsp3) is 0.600. The lowest BCUT2D eigenvalue weighted by Crippen LogP contribution is -2.44. The van der Waals surface area contributed by atoms with Crippen molar-refractivity contribution in [3.05, 3.63) is 48.0 Å². The minimum absolute atomic E-state index is 0.0142. The molecule has 2 aliphatic heterocycles. The third kappa shape index (κ3) is 9.49. The molecule has 1 N–H and O–H groups in total. The number of aliphatic hydroxyl groups excluding tert-OH is 1. The van der Waals surface area contributed by atoms with Gasteiger partial charge in [0.25, 0.3) is 0 Å². The van der Waals surface area contributed by atoms with Gasteiger partial charge in [0.1, 0.15) is 12.2 Å². The van der Waals surface area contributed by atoms with Gasteiger partial charge in [0, 0.05) is 26.1 Å². The molecule has 1 saturated heterocycles. The summed E-state index contributed by atoms with van der Waals surface area (Å²) in [5.41, 5.74) is 0.290. The summed E-state index contributed by atoms with van der Waals surface area (Å²) in [4.78, 5) is 55.6. The van der Waals surface area contributed by atoms with E-state index in [0.29, 0.717) is 25.9 Å². The smallest absolute Gasteiger partial charge is 0.309 e. The van der Waals surface area contributed by atoms with E-state index in [0.717, 1.165) is 12.0 Å². The number of nitrogens with zero attached hydrogens (tertiary/aromatic N) is 2. The molecule has 0 spiro atoms. The number of amides is 2. The summed E-state index contributed by atoms with van der Waals surface area (Å²) in [5, 5.41) is 9.57. The molecule has 3 rings (SSSR count). The first-order chi connectivity index (χ1) is 18.6. The van der Waals surface area contributed by atoms with Gasteiger partial charge in [-0.05, 0) is 52.0 Å². The molecule has 2 aliphatic rings. The van der Waals surface area contributed by atoms with Gasteiger partial charge in [-0.1, -0.05) is 42.5 Å². The summed E-state index contributed by atoms with van der Waals surface area (Å²) in [7, 11) is 0. The maximum Gasteiger partial charge on any atom is 0.309 e. The lowest BCUT2D eigenvalue weighted by Gasteiger charge is -2.30. The normalized spacial score (nSPS) is 23.2. The van der Waals surface area contributed by atoms with E-state index in [4.69, 9.17) is 9.47 Å². The van der Waals surface area contributed by atoms with E-state index >= 15 is 0 Å². The first-order valence-corrected chi connectivity index (χ1v) is 13.8. The van der Waals surface area contributed by atoms with E-state index < -0.39 is 29.4 Å². The van der Waals surface area contributed by atoms with Crippen molar-refractivity contribution in [3.63, 3.8) is 0 Å². The molecule has 1 aromatic rings. The van der Waals surface area contributed by atoms with Crippen molar-refractivity contribution in [1.82, 2.24) is 9.80 Å². The molecule has 0 radical (unpaired) electrons. The average Bonchev–Trinajstić information content (AvgIpc) is 3.35. The van der Waals surface area contributed by atoms with Crippen LogP contribution >= 0.6 is 0 Å². The molecule has 2 heterocycles. The number of aliphatic hydroxyl groups is 1. The molecule has 0 aliphatic carbocycles. The number of allylic oxidation sites excluding steroid dienone is 2. The number of hydrogen-bond acceptors (Lipinski definition) is 7. The Hall–Kier alpha value is -3.20. The summed E-state index contributed by atoms with van der Waals surface area (Å²) in [6.07, 6.45) is 5.61. The summed E-state index contributed by atoms with van der Waals surface area (Å²) < 4.78 is 11.0. The van der Waals surface area contributed by atoms with E-state index in [1.54, 1.807) is 36.6 Å². The fourth-order valence-corrected chi connectivity index (χ4v) is 5.03. The Bertz CT molecular complexity index is 1020. The number of cyclic esters (lactones) is 1. The van der Waals surface area contributed by atoms with Crippen LogP contribution in [0.3, 0.4) is 0 Å². The quantitative estimate of drug-likeness (QED) is 0.396. The summed E-state index contributed by atoms with van der Waals surface area (Å²) in [6, 6.07) is 9.28. The predicted molar refractivity (Wildman–Crippen MR) is 145 cm³/mol. The zero-order valence-corrected chi connectivity index (χ0v) is 23.3. The van der Waals surface area contributed by atoms with Crippen LogP contribution < -0.4 is 0 Å². The highest BCUT2D eigenvalue weighted by molar-refractivity contribution is 5.86. The molecular weight excluding hydrogens is 500 g/mol. The lowest BCUT2D eigenvalue weighted by atomic mass is 9.95. The van der Waals surface area contributed by atoms with Gasteiger partial charge >= 0.3 is 11.9 Å². The van der Waals surface area contributed by atoms with Crippen molar-refractivity contribution in [2.75, 3.05) is 26.3 Å². The van der Waals surface area contributed by atoms with Crippen LogP contribution in [0.5, 0.6) is 0 Å². The Balaban J connectivity index is 1.76. The van der Waals surface area contributed by atoms with Crippen molar-refractivity contribution >= 4 is 23.8 Å². The molecule has 0 bridgehead atoms. The van der Waals surface area contributed by atoms with E-state index in [9.17, 15) is 24.3 Å². The Morgan fingerprint density at radius 1 is 1.08 bits per heavy atom. The van der Waals surface area contributed by atoms with Gasteiger partial charge < -0.3 is 24.4 Å². The molecule has 9 heteroatoms. The molecular formula is C30H42N2O7. The Morgan fingerprint density at radius 3 is 2.44 bits per heavy atom. The molecule has 9 nitrogen and oxygen atoms in total. The highest BCUT2D eigenvalue weighted by Gasteiger charge is 2.36. The third-order valence-corrected chi connectivity index (χ3v) is 6.96. The number of fused-ring (bicyclic) bond motifs is 1. The molecule has 0 aromatic heterocycles. The summed E-state index contributed by atoms with van der Waals surface area (Å²) in [6.45, 7) is 6.29. The monoisotopic (exact) mass is 542 g/mol. The van der Waals surface area contributed by atoms with Crippen LogP contribution in [0.15, 0.2) is 42.5 Å². The van der Waals surface area contributed by atoms with Crippen LogP contribution in [0, 0.1) is 11.8 Å². The maximum absolute atomic E-state index is 13.6. The van der Waals surface area contributed by atoms with Crippen LogP contribution in [-0.2, 0) is 35.2 Å². The first-order valence-electron chi connectivity index (χ1n) is 13.8. The highest BCUT2D eigenvalue weighted by Crippen LogP contribution is 2.26. The van der Waals surface area contributed by atoms with Crippen LogP contribution in [-0.4, -0.2) is 76.6 Å². The van der Waals surface area contributed by atoms with Crippen molar-refractivity contribution in [1.29, 1.82) is 0 Å². The number of benzene rings is 1. The SMILES string of the molecule is CC(C)(C)OC(=O)C[C@H]1C/C=C\C[C@@H](CC(=O)N(CCO)Cc2ccccc2)C(=O)N2CCC[C@H]2COC1=O. The largest absolute Gasteiger partial charge is 0.463 e. The maximum atomic E-state index is 13.6. The molecule has 3 atom stereocenters. The number of esters is 2. The van der Waals surface area contributed by atoms with Gasteiger partial charge in [0.2, 0.25) is 11.8 Å². The van der Waals surface area contributed by atoms with E-state index in [-0.39, 0.29) is 56.9 Å². The third-order valence-electron chi connectivity index (χ3n) is 6.96. The molecule has 1 fully saturated rings. The predicted octanol–water partition coefficient (Wildman–Crippen LogP) is 3.25.